The fraction of sp³-hybridized carbons (Fsp3) is 0.857. The summed E-state index contributed by atoms with van der Waals surface area (Å²) in [5, 5.41) is 0. The van der Waals surface area contributed by atoms with E-state index in [1.165, 1.54) is 6.42 Å². The van der Waals surface area contributed by atoms with Gasteiger partial charge in [0.2, 0.25) is 0 Å². The lowest BCUT2D eigenvalue weighted by molar-refractivity contribution is -0.118. The summed E-state index contributed by atoms with van der Waals surface area (Å²) >= 11 is 0. The topological polar surface area (TPSA) is 64.2 Å². The minimum absolute atomic E-state index is 0.179. The fourth-order valence-corrected chi connectivity index (χ4v) is 3.94. The molecule has 0 saturated carbocycles. The summed E-state index contributed by atoms with van der Waals surface area (Å²) in [6.45, 7) is 14.0. The number of carbonyl (C=O) groups excluding carboxylic acids is 3. The van der Waals surface area contributed by atoms with E-state index in [9.17, 15) is 14.4 Å². The van der Waals surface area contributed by atoms with Crippen LogP contribution in [0.25, 0.3) is 0 Å². The Balaban J connectivity index is 2.91. The number of Topliss-reactive ketones (excluding diaryl/α,β-unsaturated/α-hetero) is 1. The maximum Gasteiger partial charge on any atom is 0.143 e. The van der Waals surface area contributed by atoms with E-state index in [0.29, 0.717) is 25.7 Å². The highest BCUT2D eigenvalue weighted by atomic mass is 16.1. The van der Waals surface area contributed by atoms with Gasteiger partial charge in [0.05, 0.1) is 19.6 Å². The first-order chi connectivity index (χ1) is 13.5. The van der Waals surface area contributed by atoms with Crippen LogP contribution in [0.4, 0.5) is 0 Å². The van der Waals surface area contributed by atoms with Crippen molar-refractivity contribution in [3.05, 3.63) is 0 Å². The number of carbonyl (C=O) groups is 3. The summed E-state index contributed by atoms with van der Waals surface area (Å²) in [6, 6.07) is 0.539. The van der Waals surface area contributed by atoms with Gasteiger partial charge < -0.3 is 9.59 Å². The normalized spacial score (nSPS) is 20.8. The van der Waals surface area contributed by atoms with E-state index in [1.54, 1.807) is 6.92 Å². The molecule has 7 nitrogen and oxygen atoms in total. The minimum Gasteiger partial charge on any atom is -0.302 e. The monoisotopic (exact) mass is 396 g/mol. The lowest BCUT2D eigenvalue weighted by atomic mass is 10.1. The average Bonchev–Trinajstić information content (AvgIpc) is 2.66. The Kier molecular flexibility index (Phi) is 13.1. The molecule has 1 aliphatic rings. The van der Waals surface area contributed by atoms with Gasteiger partial charge in [-0.3, -0.25) is 24.4 Å². The van der Waals surface area contributed by atoms with Crippen LogP contribution < -0.4 is 0 Å². The predicted molar refractivity (Wildman–Crippen MR) is 113 cm³/mol. The van der Waals surface area contributed by atoms with Crippen molar-refractivity contribution in [2.45, 2.75) is 46.1 Å². The smallest absolute Gasteiger partial charge is 0.143 e. The van der Waals surface area contributed by atoms with Crippen molar-refractivity contribution in [2.75, 3.05) is 72.0 Å². The second-order valence-electron chi connectivity index (χ2n) is 7.80. The molecule has 28 heavy (non-hydrogen) atoms. The van der Waals surface area contributed by atoms with E-state index in [1.807, 2.05) is 0 Å². The van der Waals surface area contributed by atoms with Crippen molar-refractivity contribution in [1.82, 2.24) is 19.6 Å². The van der Waals surface area contributed by atoms with Crippen LogP contribution in [-0.4, -0.2) is 116 Å². The highest BCUT2D eigenvalue weighted by molar-refractivity contribution is 5.77. The largest absolute Gasteiger partial charge is 0.302 e. The molecule has 7 heteroatoms. The SMILES string of the molecule is CCCC(CC)N1CCN(CC=O)CCN(CC=O)CCN(CC(C)=O)CC1. The third kappa shape index (κ3) is 9.87. The minimum atomic E-state index is 0.179. The molecule has 0 radical (unpaired) electrons. The van der Waals surface area contributed by atoms with Gasteiger partial charge in [0, 0.05) is 58.4 Å². The Bertz CT molecular complexity index is 461. The van der Waals surface area contributed by atoms with Crippen LogP contribution >= 0.6 is 0 Å². The molecule has 1 atom stereocenters. The number of aldehydes is 2. The molecule has 0 aromatic rings. The summed E-state index contributed by atoms with van der Waals surface area (Å²) in [5.41, 5.74) is 0. The van der Waals surface area contributed by atoms with Gasteiger partial charge in [0.1, 0.15) is 18.4 Å². The van der Waals surface area contributed by atoms with Crippen LogP contribution in [0, 0.1) is 0 Å². The van der Waals surface area contributed by atoms with E-state index in [-0.39, 0.29) is 5.78 Å². The van der Waals surface area contributed by atoms with Crippen molar-refractivity contribution in [3.8, 4) is 0 Å². The van der Waals surface area contributed by atoms with Crippen LogP contribution in [0.1, 0.15) is 40.0 Å². The highest BCUT2D eigenvalue weighted by Crippen LogP contribution is 2.12. The molecular weight excluding hydrogens is 356 g/mol. The first-order valence-corrected chi connectivity index (χ1v) is 10.8. The molecule has 1 unspecified atom stereocenters. The zero-order chi connectivity index (χ0) is 20.8. The van der Waals surface area contributed by atoms with Crippen LogP contribution in [-0.2, 0) is 14.4 Å². The molecule has 0 aliphatic carbocycles. The molecule has 0 amide bonds. The molecule has 1 rings (SSSR count). The van der Waals surface area contributed by atoms with Crippen molar-refractivity contribution in [1.29, 1.82) is 0 Å². The van der Waals surface area contributed by atoms with E-state index in [2.05, 4.69) is 33.4 Å². The zero-order valence-electron chi connectivity index (χ0n) is 18.1. The van der Waals surface area contributed by atoms with Crippen molar-refractivity contribution >= 4 is 18.4 Å². The van der Waals surface area contributed by atoms with Crippen LogP contribution in [0.3, 0.4) is 0 Å². The van der Waals surface area contributed by atoms with E-state index < -0.39 is 0 Å². The third-order valence-electron chi connectivity index (χ3n) is 5.59. The van der Waals surface area contributed by atoms with Crippen molar-refractivity contribution in [3.63, 3.8) is 0 Å². The lowest BCUT2D eigenvalue weighted by Gasteiger charge is -2.36. The highest BCUT2D eigenvalue weighted by Gasteiger charge is 2.20. The molecule has 1 aliphatic heterocycles. The summed E-state index contributed by atoms with van der Waals surface area (Å²) in [7, 11) is 0. The molecule has 1 saturated heterocycles. The van der Waals surface area contributed by atoms with E-state index in [4.69, 9.17) is 0 Å². The first kappa shape index (κ1) is 24.9. The Morgan fingerprint density at radius 3 is 1.71 bits per heavy atom. The molecule has 0 bridgehead atoms. The number of ketones is 1. The van der Waals surface area contributed by atoms with E-state index in [0.717, 1.165) is 77.8 Å². The van der Waals surface area contributed by atoms with Crippen molar-refractivity contribution < 1.29 is 14.4 Å². The summed E-state index contributed by atoms with van der Waals surface area (Å²) < 4.78 is 0. The number of hydrogen-bond donors (Lipinski definition) is 0. The summed E-state index contributed by atoms with van der Waals surface area (Å²) in [5.74, 6) is 0.179. The Morgan fingerprint density at radius 2 is 1.29 bits per heavy atom. The van der Waals surface area contributed by atoms with Gasteiger partial charge in [-0.1, -0.05) is 20.3 Å². The lowest BCUT2D eigenvalue weighted by Crippen LogP contribution is -2.49. The van der Waals surface area contributed by atoms with Gasteiger partial charge in [-0.15, -0.1) is 0 Å². The number of rotatable bonds is 10. The molecule has 0 aromatic heterocycles. The Morgan fingerprint density at radius 1 is 0.821 bits per heavy atom. The van der Waals surface area contributed by atoms with Crippen molar-refractivity contribution in [2.24, 2.45) is 0 Å². The van der Waals surface area contributed by atoms with Gasteiger partial charge in [0.15, 0.2) is 0 Å². The van der Waals surface area contributed by atoms with Gasteiger partial charge >= 0.3 is 0 Å². The fourth-order valence-electron chi connectivity index (χ4n) is 3.94. The van der Waals surface area contributed by atoms with Gasteiger partial charge in [-0.25, -0.2) is 0 Å². The van der Waals surface area contributed by atoms with Gasteiger partial charge in [0.25, 0.3) is 0 Å². The second-order valence-corrected chi connectivity index (χ2v) is 7.80. The molecule has 162 valence electrons. The van der Waals surface area contributed by atoms with Crippen LogP contribution in [0.2, 0.25) is 0 Å². The molecule has 1 heterocycles. The summed E-state index contributed by atoms with van der Waals surface area (Å²) in [6.07, 6.45) is 5.35. The second kappa shape index (κ2) is 14.8. The van der Waals surface area contributed by atoms with E-state index >= 15 is 0 Å². The molecule has 1 fully saturated rings. The average molecular weight is 397 g/mol. The zero-order valence-corrected chi connectivity index (χ0v) is 18.1. The van der Waals surface area contributed by atoms with Gasteiger partial charge in [-0.05, 0) is 19.8 Å². The number of nitrogens with zero attached hydrogens (tertiary/aromatic N) is 4. The number of hydrogen-bond acceptors (Lipinski definition) is 7. The quantitative estimate of drug-likeness (QED) is 0.506. The first-order valence-electron chi connectivity index (χ1n) is 10.8. The standard InChI is InChI=1S/C21H40N4O3/c1-4-6-21(5-2)25-13-11-23(16-18-27)8-7-22(15-17-26)9-10-24(12-14-25)19-20(3)28/h17-18,21H,4-16,19H2,1-3H3. The van der Waals surface area contributed by atoms with Gasteiger partial charge in [-0.2, -0.15) is 0 Å². The molecule has 0 aromatic carbocycles. The Labute approximate surface area is 171 Å². The molecular formula is C21H40N4O3. The third-order valence-corrected chi connectivity index (χ3v) is 5.59. The Hall–Kier alpha value is -1.15. The maximum atomic E-state index is 11.7. The predicted octanol–water partition coefficient (Wildman–Crippen LogP) is 0.774. The van der Waals surface area contributed by atoms with Crippen LogP contribution in [0.5, 0.6) is 0 Å². The summed E-state index contributed by atoms with van der Waals surface area (Å²) in [4.78, 5) is 42.9. The molecule has 0 spiro atoms. The van der Waals surface area contributed by atoms with Crippen LogP contribution in [0.15, 0.2) is 0 Å². The molecule has 0 N–H and O–H groups in total. The maximum absolute atomic E-state index is 11.7.